The van der Waals surface area contributed by atoms with Gasteiger partial charge in [0, 0.05) is 36.5 Å². The first kappa shape index (κ1) is 14.6. The zero-order valence-corrected chi connectivity index (χ0v) is 13.8. The topological polar surface area (TPSA) is 54.5 Å². The molecule has 0 unspecified atom stereocenters. The first-order valence-electron chi connectivity index (χ1n) is 8.23. The Kier molecular flexibility index (Phi) is 3.92. The summed E-state index contributed by atoms with van der Waals surface area (Å²) in [6.45, 7) is 5.14. The number of hydrogen-bond donors (Lipinski definition) is 1. The predicted octanol–water partition coefficient (Wildman–Crippen LogP) is 1.71. The molecular weight excluding hydrogens is 298 g/mol. The lowest BCUT2D eigenvalue weighted by molar-refractivity contribution is -0.123. The Morgan fingerprint density at radius 2 is 2.36 bits per heavy atom. The summed E-state index contributed by atoms with van der Waals surface area (Å²) in [5.74, 6) is 0.761. The van der Waals surface area contributed by atoms with Crippen LogP contribution in [0.2, 0.25) is 0 Å². The van der Waals surface area contributed by atoms with E-state index in [9.17, 15) is 4.79 Å². The molecule has 0 aromatic carbocycles. The number of thiazole rings is 1. The summed E-state index contributed by atoms with van der Waals surface area (Å²) in [7, 11) is 0. The molecule has 4 rings (SSSR count). The molecule has 3 heterocycles. The Morgan fingerprint density at radius 1 is 1.50 bits per heavy atom. The van der Waals surface area contributed by atoms with E-state index in [2.05, 4.69) is 22.1 Å². The molecule has 22 heavy (non-hydrogen) atoms. The van der Waals surface area contributed by atoms with Crippen molar-refractivity contribution in [3.8, 4) is 0 Å². The monoisotopic (exact) mass is 321 g/mol. The van der Waals surface area contributed by atoms with Crippen LogP contribution in [-0.2, 0) is 16.1 Å². The van der Waals surface area contributed by atoms with Gasteiger partial charge in [0.15, 0.2) is 0 Å². The fourth-order valence-electron chi connectivity index (χ4n) is 3.61. The largest absolute Gasteiger partial charge is 0.373 e. The van der Waals surface area contributed by atoms with E-state index in [0.29, 0.717) is 24.5 Å². The Labute approximate surface area is 135 Å². The standard InChI is InChI=1S/C16H23N3O2S/c1-10-15(22-9-17-10)8-19-6-11-4-13(21-14(11)7-19)5-16(20)18-12-2-3-12/h9,11-14H,2-8H2,1H3,(H,18,20)/t11-,13+,14+/m0/s1. The SMILES string of the molecule is Cc1ncsc1CN1C[C@@H]2C[C@H](CC(=O)NC3CC3)O[C@@H]2C1. The fourth-order valence-corrected chi connectivity index (χ4v) is 4.43. The van der Waals surface area contributed by atoms with Gasteiger partial charge in [0.1, 0.15) is 0 Å². The first-order valence-corrected chi connectivity index (χ1v) is 9.11. The van der Waals surface area contributed by atoms with Gasteiger partial charge < -0.3 is 10.1 Å². The normalized spacial score (nSPS) is 31.4. The van der Waals surface area contributed by atoms with Crippen molar-refractivity contribution in [2.24, 2.45) is 5.92 Å². The van der Waals surface area contributed by atoms with Crippen LogP contribution in [0.1, 0.15) is 36.3 Å². The fraction of sp³-hybridized carbons (Fsp3) is 0.750. The number of aryl methyl sites for hydroxylation is 1. The van der Waals surface area contributed by atoms with Gasteiger partial charge in [-0.15, -0.1) is 11.3 Å². The molecule has 3 fully saturated rings. The molecule has 1 aromatic heterocycles. The molecule has 0 radical (unpaired) electrons. The van der Waals surface area contributed by atoms with Crippen molar-refractivity contribution in [2.75, 3.05) is 13.1 Å². The van der Waals surface area contributed by atoms with E-state index >= 15 is 0 Å². The Bertz CT molecular complexity index is 543. The van der Waals surface area contributed by atoms with Gasteiger partial charge in [-0.3, -0.25) is 9.69 Å². The lowest BCUT2D eigenvalue weighted by Gasteiger charge is -2.18. The minimum atomic E-state index is 0.126. The Hall–Kier alpha value is -0.980. The molecule has 2 aliphatic heterocycles. The smallest absolute Gasteiger partial charge is 0.222 e. The van der Waals surface area contributed by atoms with Crippen LogP contribution in [-0.4, -0.2) is 47.1 Å². The van der Waals surface area contributed by atoms with Gasteiger partial charge in [-0.25, -0.2) is 4.98 Å². The van der Waals surface area contributed by atoms with Crippen molar-refractivity contribution in [2.45, 2.75) is 57.4 Å². The molecule has 3 atom stereocenters. The maximum absolute atomic E-state index is 11.9. The predicted molar refractivity (Wildman–Crippen MR) is 84.7 cm³/mol. The summed E-state index contributed by atoms with van der Waals surface area (Å²) < 4.78 is 6.12. The summed E-state index contributed by atoms with van der Waals surface area (Å²) in [6.07, 6.45) is 4.30. The van der Waals surface area contributed by atoms with E-state index in [1.165, 1.54) is 4.88 Å². The summed E-state index contributed by atoms with van der Waals surface area (Å²) >= 11 is 1.74. The highest BCUT2D eigenvalue weighted by atomic mass is 32.1. The van der Waals surface area contributed by atoms with Crippen molar-refractivity contribution in [3.63, 3.8) is 0 Å². The van der Waals surface area contributed by atoms with Crippen molar-refractivity contribution >= 4 is 17.2 Å². The second-order valence-corrected chi connectivity index (χ2v) is 7.83. The second kappa shape index (κ2) is 5.91. The number of rotatable bonds is 5. The number of carbonyl (C=O) groups is 1. The van der Waals surface area contributed by atoms with Gasteiger partial charge in [0.05, 0.1) is 29.8 Å². The minimum Gasteiger partial charge on any atom is -0.373 e. The number of hydrogen-bond acceptors (Lipinski definition) is 5. The minimum absolute atomic E-state index is 0.126. The Balaban J connectivity index is 1.25. The third kappa shape index (κ3) is 3.19. The number of nitrogens with zero attached hydrogens (tertiary/aromatic N) is 2. The first-order chi connectivity index (χ1) is 10.7. The zero-order valence-electron chi connectivity index (χ0n) is 13.0. The summed E-state index contributed by atoms with van der Waals surface area (Å²) in [4.78, 5) is 20.0. The molecule has 6 heteroatoms. The van der Waals surface area contributed by atoms with Crippen LogP contribution in [0.5, 0.6) is 0 Å². The highest BCUT2D eigenvalue weighted by Gasteiger charge is 2.42. The molecule has 1 N–H and O–H groups in total. The van der Waals surface area contributed by atoms with Gasteiger partial charge in [-0.05, 0) is 26.2 Å². The number of carbonyl (C=O) groups excluding carboxylic acids is 1. The van der Waals surface area contributed by atoms with Gasteiger partial charge in [-0.1, -0.05) is 0 Å². The number of amides is 1. The summed E-state index contributed by atoms with van der Waals surface area (Å²) in [6, 6.07) is 0.450. The van der Waals surface area contributed by atoms with Crippen molar-refractivity contribution < 1.29 is 9.53 Å². The van der Waals surface area contributed by atoms with E-state index in [-0.39, 0.29) is 12.0 Å². The molecule has 5 nitrogen and oxygen atoms in total. The third-order valence-corrected chi connectivity index (χ3v) is 5.88. The zero-order chi connectivity index (χ0) is 15.1. The maximum atomic E-state index is 11.9. The molecule has 1 amide bonds. The van der Waals surface area contributed by atoms with Crippen LogP contribution < -0.4 is 5.32 Å². The molecule has 1 saturated carbocycles. The molecule has 0 spiro atoms. The van der Waals surface area contributed by atoms with Crippen LogP contribution in [0, 0.1) is 12.8 Å². The highest BCUT2D eigenvalue weighted by molar-refractivity contribution is 7.09. The average Bonchev–Trinajstić information content (AvgIpc) is 2.87. The molecule has 0 bridgehead atoms. The van der Waals surface area contributed by atoms with E-state index < -0.39 is 0 Å². The van der Waals surface area contributed by atoms with Crippen molar-refractivity contribution in [3.05, 3.63) is 16.1 Å². The van der Waals surface area contributed by atoms with Crippen LogP contribution in [0.3, 0.4) is 0 Å². The quantitative estimate of drug-likeness (QED) is 0.897. The molecule has 1 aromatic rings. The van der Waals surface area contributed by atoms with Crippen molar-refractivity contribution in [1.29, 1.82) is 0 Å². The molecule has 1 aliphatic carbocycles. The molecule has 2 saturated heterocycles. The van der Waals surface area contributed by atoms with Crippen LogP contribution in [0.4, 0.5) is 0 Å². The van der Waals surface area contributed by atoms with Gasteiger partial charge in [-0.2, -0.15) is 0 Å². The number of ether oxygens (including phenoxy) is 1. The number of fused-ring (bicyclic) bond motifs is 1. The lowest BCUT2D eigenvalue weighted by atomic mass is 10.0. The van der Waals surface area contributed by atoms with E-state index in [0.717, 1.165) is 44.6 Å². The Morgan fingerprint density at radius 3 is 3.05 bits per heavy atom. The highest BCUT2D eigenvalue weighted by Crippen LogP contribution is 2.35. The van der Waals surface area contributed by atoms with Gasteiger partial charge in [0.2, 0.25) is 5.91 Å². The summed E-state index contributed by atoms with van der Waals surface area (Å²) in [5.41, 5.74) is 3.07. The van der Waals surface area contributed by atoms with E-state index in [4.69, 9.17) is 4.74 Å². The molecule has 3 aliphatic rings. The number of aromatic nitrogens is 1. The van der Waals surface area contributed by atoms with Crippen LogP contribution in [0.25, 0.3) is 0 Å². The number of nitrogens with one attached hydrogen (secondary N) is 1. The number of likely N-dealkylation sites (tertiary alicyclic amines) is 1. The lowest BCUT2D eigenvalue weighted by Crippen LogP contribution is -2.30. The van der Waals surface area contributed by atoms with Gasteiger partial charge in [0.25, 0.3) is 0 Å². The molecular formula is C16H23N3O2S. The van der Waals surface area contributed by atoms with Crippen LogP contribution >= 0.6 is 11.3 Å². The van der Waals surface area contributed by atoms with Crippen molar-refractivity contribution in [1.82, 2.24) is 15.2 Å². The second-order valence-electron chi connectivity index (χ2n) is 6.89. The maximum Gasteiger partial charge on any atom is 0.222 e. The van der Waals surface area contributed by atoms with E-state index in [1.807, 2.05) is 5.51 Å². The summed E-state index contributed by atoms with van der Waals surface area (Å²) in [5, 5.41) is 3.06. The van der Waals surface area contributed by atoms with E-state index in [1.54, 1.807) is 11.3 Å². The molecule has 120 valence electrons. The third-order valence-electron chi connectivity index (χ3n) is 4.96. The average molecular weight is 321 g/mol. The van der Waals surface area contributed by atoms with Gasteiger partial charge >= 0.3 is 0 Å². The van der Waals surface area contributed by atoms with Crippen LogP contribution in [0.15, 0.2) is 5.51 Å².